The summed E-state index contributed by atoms with van der Waals surface area (Å²) in [4.78, 5) is 15.8. The predicted molar refractivity (Wildman–Crippen MR) is 84.2 cm³/mol. The molecule has 2 amide bonds. The van der Waals surface area contributed by atoms with Crippen molar-refractivity contribution in [2.75, 3.05) is 19.7 Å². The van der Waals surface area contributed by atoms with Gasteiger partial charge in [-0.1, -0.05) is 13.8 Å². The Bertz CT molecular complexity index is 437. The van der Waals surface area contributed by atoms with E-state index in [1.54, 1.807) is 6.20 Å². The Morgan fingerprint density at radius 1 is 1.33 bits per heavy atom. The van der Waals surface area contributed by atoms with Crippen LogP contribution in [0.4, 0.5) is 4.79 Å². The maximum atomic E-state index is 11.8. The number of nitrogens with zero attached hydrogens (tertiary/aromatic N) is 1. The molecule has 5 nitrogen and oxygen atoms in total. The van der Waals surface area contributed by atoms with E-state index >= 15 is 0 Å². The molecule has 0 bridgehead atoms. The summed E-state index contributed by atoms with van der Waals surface area (Å²) in [5.41, 5.74) is 2.12. The van der Waals surface area contributed by atoms with Crippen LogP contribution >= 0.6 is 0 Å². The lowest BCUT2D eigenvalue weighted by atomic mass is 9.83. The second-order valence-corrected chi connectivity index (χ2v) is 5.53. The van der Waals surface area contributed by atoms with Crippen molar-refractivity contribution in [2.24, 2.45) is 5.41 Å². The number of amides is 2. The molecule has 1 aromatic rings. The van der Waals surface area contributed by atoms with Crippen molar-refractivity contribution in [1.29, 1.82) is 0 Å². The first-order valence-corrected chi connectivity index (χ1v) is 7.59. The standard InChI is InChI=1S/C16H27N3O2/c1-4-16(5-2,12-20)11-19-15(21)18-9-7-14-6-8-17-10-13(14)3/h6,8,10,20H,4-5,7,9,11-12H2,1-3H3,(H2,18,19,21). The van der Waals surface area contributed by atoms with Gasteiger partial charge in [-0.15, -0.1) is 0 Å². The Morgan fingerprint density at radius 3 is 2.62 bits per heavy atom. The lowest BCUT2D eigenvalue weighted by Crippen LogP contribution is -2.44. The van der Waals surface area contributed by atoms with Gasteiger partial charge in [0.1, 0.15) is 0 Å². The van der Waals surface area contributed by atoms with E-state index in [1.165, 1.54) is 5.56 Å². The number of aliphatic hydroxyl groups excluding tert-OH is 1. The number of hydrogen-bond acceptors (Lipinski definition) is 3. The van der Waals surface area contributed by atoms with E-state index < -0.39 is 0 Å². The highest BCUT2D eigenvalue weighted by molar-refractivity contribution is 5.73. The number of carbonyl (C=O) groups excluding carboxylic acids is 1. The van der Waals surface area contributed by atoms with Gasteiger partial charge in [0.05, 0.1) is 6.61 Å². The number of aryl methyl sites for hydroxylation is 1. The van der Waals surface area contributed by atoms with E-state index in [1.807, 2.05) is 33.0 Å². The van der Waals surface area contributed by atoms with Crippen molar-refractivity contribution >= 4 is 6.03 Å². The van der Waals surface area contributed by atoms with Crippen molar-refractivity contribution in [3.05, 3.63) is 29.6 Å². The Morgan fingerprint density at radius 2 is 2.05 bits per heavy atom. The lowest BCUT2D eigenvalue weighted by Gasteiger charge is -2.29. The number of aliphatic hydroxyl groups is 1. The maximum absolute atomic E-state index is 11.8. The lowest BCUT2D eigenvalue weighted by molar-refractivity contribution is 0.115. The summed E-state index contributed by atoms with van der Waals surface area (Å²) in [7, 11) is 0. The monoisotopic (exact) mass is 293 g/mol. The van der Waals surface area contributed by atoms with Crippen molar-refractivity contribution in [1.82, 2.24) is 15.6 Å². The van der Waals surface area contributed by atoms with Crippen LogP contribution in [0.25, 0.3) is 0 Å². The Labute approximate surface area is 127 Å². The third-order valence-corrected chi connectivity index (χ3v) is 4.28. The molecular weight excluding hydrogens is 266 g/mol. The molecule has 0 radical (unpaired) electrons. The van der Waals surface area contributed by atoms with Gasteiger partial charge in [-0.25, -0.2) is 4.79 Å². The van der Waals surface area contributed by atoms with E-state index in [4.69, 9.17) is 0 Å². The molecule has 0 saturated carbocycles. The van der Waals surface area contributed by atoms with Crippen molar-refractivity contribution in [3.63, 3.8) is 0 Å². The van der Waals surface area contributed by atoms with Gasteiger partial charge in [0.25, 0.3) is 0 Å². The Kier molecular flexibility index (Phi) is 7.15. The van der Waals surface area contributed by atoms with E-state index in [-0.39, 0.29) is 18.1 Å². The number of nitrogens with one attached hydrogen (secondary N) is 2. The van der Waals surface area contributed by atoms with Gasteiger partial charge in [-0.3, -0.25) is 4.98 Å². The average Bonchev–Trinajstić information content (AvgIpc) is 2.51. The second kappa shape index (κ2) is 8.62. The van der Waals surface area contributed by atoms with Crippen LogP contribution in [0.5, 0.6) is 0 Å². The molecule has 118 valence electrons. The zero-order valence-electron chi connectivity index (χ0n) is 13.3. The fourth-order valence-electron chi connectivity index (χ4n) is 2.20. The molecule has 0 spiro atoms. The number of pyridine rings is 1. The van der Waals surface area contributed by atoms with Crippen LogP contribution in [0, 0.1) is 12.3 Å². The number of rotatable bonds is 8. The number of carbonyl (C=O) groups is 1. The van der Waals surface area contributed by atoms with Crippen LogP contribution in [0.2, 0.25) is 0 Å². The van der Waals surface area contributed by atoms with Crippen LogP contribution < -0.4 is 10.6 Å². The quantitative estimate of drug-likeness (QED) is 0.686. The zero-order chi connectivity index (χ0) is 15.7. The molecule has 5 heteroatoms. The molecule has 1 rings (SSSR count). The molecule has 1 heterocycles. The molecule has 0 aliphatic carbocycles. The highest BCUT2D eigenvalue weighted by atomic mass is 16.3. The van der Waals surface area contributed by atoms with Gasteiger partial charge in [0.15, 0.2) is 0 Å². The minimum atomic E-state index is -0.209. The summed E-state index contributed by atoms with van der Waals surface area (Å²) in [6.45, 7) is 7.26. The molecule has 0 aromatic carbocycles. The van der Waals surface area contributed by atoms with E-state index in [0.29, 0.717) is 13.1 Å². The minimum Gasteiger partial charge on any atom is -0.396 e. The average molecular weight is 293 g/mol. The molecule has 0 unspecified atom stereocenters. The first kappa shape index (κ1) is 17.4. The molecule has 0 aliphatic heterocycles. The molecule has 1 aromatic heterocycles. The maximum Gasteiger partial charge on any atom is 0.314 e. The van der Waals surface area contributed by atoms with Crippen LogP contribution in [-0.2, 0) is 6.42 Å². The van der Waals surface area contributed by atoms with Crippen LogP contribution in [-0.4, -0.2) is 35.8 Å². The SMILES string of the molecule is CCC(CC)(CO)CNC(=O)NCCc1ccncc1C. The molecule has 0 fully saturated rings. The Hall–Kier alpha value is -1.62. The summed E-state index contributed by atoms with van der Waals surface area (Å²) in [6.07, 6.45) is 6.06. The third-order valence-electron chi connectivity index (χ3n) is 4.28. The summed E-state index contributed by atoms with van der Waals surface area (Å²) < 4.78 is 0. The van der Waals surface area contributed by atoms with Crippen molar-refractivity contribution in [3.8, 4) is 0 Å². The number of hydrogen-bond donors (Lipinski definition) is 3. The van der Waals surface area contributed by atoms with E-state index in [2.05, 4.69) is 15.6 Å². The summed E-state index contributed by atoms with van der Waals surface area (Å²) in [6, 6.07) is 1.79. The first-order chi connectivity index (χ1) is 10.1. The summed E-state index contributed by atoms with van der Waals surface area (Å²) >= 11 is 0. The smallest absolute Gasteiger partial charge is 0.314 e. The van der Waals surface area contributed by atoms with Gasteiger partial charge in [0, 0.05) is 30.9 Å². The van der Waals surface area contributed by atoms with Crippen molar-refractivity contribution in [2.45, 2.75) is 40.0 Å². The fourth-order valence-corrected chi connectivity index (χ4v) is 2.20. The molecule has 0 aliphatic rings. The minimum absolute atomic E-state index is 0.0937. The van der Waals surface area contributed by atoms with Gasteiger partial charge in [-0.05, 0) is 43.4 Å². The third kappa shape index (κ3) is 5.34. The topological polar surface area (TPSA) is 74.2 Å². The summed E-state index contributed by atoms with van der Waals surface area (Å²) in [5, 5.41) is 15.2. The summed E-state index contributed by atoms with van der Waals surface area (Å²) in [5.74, 6) is 0. The molecule has 3 N–H and O–H groups in total. The number of urea groups is 1. The van der Waals surface area contributed by atoms with Gasteiger partial charge >= 0.3 is 6.03 Å². The van der Waals surface area contributed by atoms with Crippen LogP contribution in [0.15, 0.2) is 18.5 Å². The predicted octanol–water partition coefficient (Wildman–Crippen LogP) is 2.03. The molecule has 21 heavy (non-hydrogen) atoms. The first-order valence-electron chi connectivity index (χ1n) is 7.59. The highest BCUT2D eigenvalue weighted by Crippen LogP contribution is 2.24. The van der Waals surface area contributed by atoms with Crippen LogP contribution in [0.1, 0.15) is 37.8 Å². The molecule has 0 saturated heterocycles. The van der Waals surface area contributed by atoms with Crippen molar-refractivity contribution < 1.29 is 9.90 Å². The highest BCUT2D eigenvalue weighted by Gasteiger charge is 2.25. The number of aromatic nitrogens is 1. The fraction of sp³-hybridized carbons (Fsp3) is 0.625. The van der Waals surface area contributed by atoms with Gasteiger partial charge in [0.2, 0.25) is 0 Å². The normalized spacial score (nSPS) is 11.2. The largest absolute Gasteiger partial charge is 0.396 e. The van der Waals surface area contributed by atoms with Gasteiger partial charge in [-0.2, -0.15) is 0 Å². The van der Waals surface area contributed by atoms with Crippen LogP contribution in [0.3, 0.4) is 0 Å². The zero-order valence-corrected chi connectivity index (χ0v) is 13.3. The van der Waals surface area contributed by atoms with Gasteiger partial charge < -0.3 is 15.7 Å². The van der Waals surface area contributed by atoms with E-state index in [9.17, 15) is 9.90 Å². The molecular formula is C16H27N3O2. The Balaban J connectivity index is 2.33. The van der Waals surface area contributed by atoms with E-state index in [0.717, 1.165) is 24.8 Å². The second-order valence-electron chi connectivity index (χ2n) is 5.53. The molecule has 0 atom stereocenters.